The van der Waals surface area contributed by atoms with Crippen molar-refractivity contribution in [3.63, 3.8) is 0 Å². The van der Waals surface area contributed by atoms with Crippen molar-refractivity contribution in [2.45, 2.75) is 11.4 Å². The molecule has 3 aromatic carbocycles. The Morgan fingerprint density at radius 1 is 0.909 bits per heavy atom. The lowest BCUT2D eigenvalue weighted by molar-refractivity contribution is -0.132. The van der Waals surface area contributed by atoms with Gasteiger partial charge in [0.25, 0.3) is 0 Å². The molecule has 1 fully saturated rings. The Bertz CT molecular complexity index is 1480. The second-order valence-corrected chi connectivity index (χ2v) is 9.86. The number of rotatable bonds is 4. The number of aromatic nitrogens is 2. The Kier molecular flexibility index (Phi) is 5.34. The normalized spacial score (nSPS) is 15.4. The number of benzene rings is 3. The summed E-state index contributed by atoms with van der Waals surface area (Å²) in [6, 6.07) is 14.6. The predicted octanol–water partition coefficient (Wildman–Crippen LogP) is 3.00. The fraction of sp³-hybridized carbons (Fsp3) is 0.217. The Balaban J connectivity index is 1.27. The largest absolute Gasteiger partial charge is 0.339 e. The van der Waals surface area contributed by atoms with Crippen molar-refractivity contribution in [3.8, 4) is 0 Å². The van der Waals surface area contributed by atoms with Crippen LogP contribution >= 0.6 is 0 Å². The Hall–Kier alpha value is -3.37. The molecular weight excluding hydrogens is 450 g/mol. The topological polar surface area (TPSA) is 75.5 Å². The average molecular weight is 471 g/mol. The van der Waals surface area contributed by atoms with Crippen LogP contribution in [0.15, 0.2) is 65.8 Å². The van der Waals surface area contributed by atoms with Gasteiger partial charge in [-0.3, -0.25) is 4.79 Å². The summed E-state index contributed by atoms with van der Waals surface area (Å²) in [5, 5.41) is 1.80. The van der Waals surface area contributed by atoms with E-state index in [1.807, 2.05) is 24.3 Å². The fourth-order valence-electron chi connectivity index (χ4n) is 4.08. The van der Waals surface area contributed by atoms with Crippen molar-refractivity contribution in [1.29, 1.82) is 0 Å². The molecule has 170 valence electrons. The average Bonchev–Trinajstić information content (AvgIpc) is 3.20. The van der Waals surface area contributed by atoms with E-state index in [1.54, 1.807) is 23.1 Å². The van der Waals surface area contributed by atoms with Crippen LogP contribution in [0.1, 0.15) is 0 Å². The molecule has 1 aliphatic rings. The first-order chi connectivity index (χ1) is 15.8. The standard InChI is InChI=1S/C23H20F2N4O3S/c24-19-12-21-22(13-20(19)25)28(15-26-21)14-23(30)27-7-9-29(10-8-27)33(31,32)18-6-5-16-3-1-2-4-17(16)11-18/h1-6,11-13,15H,7-10,14H2. The zero-order valence-electron chi connectivity index (χ0n) is 17.5. The third-order valence-corrected chi connectivity index (χ3v) is 7.81. The maximum Gasteiger partial charge on any atom is 0.243 e. The number of piperazine rings is 1. The first-order valence-electron chi connectivity index (χ1n) is 10.4. The monoisotopic (exact) mass is 470 g/mol. The van der Waals surface area contributed by atoms with Gasteiger partial charge in [0.05, 0.1) is 22.3 Å². The van der Waals surface area contributed by atoms with Crippen LogP contribution in [-0.2, 0) is 21.4 Å². The van der Waals surface area contributed by atoms with Crippen molar-refractivity contribution >= 4 is 37.7 Å². The lowest BCUT2D eigenvalue weighted by atomic mass is 10.1. The van der Waals surface area contributed by atoms with E-state index < -0.39 is 21.7 Å². The quantitative estimate of drug-likeness (QED) is 0.460. The number of hydrogen-bond donors (Lipinski definition) is 0. The molecule has 0 bridgehead atoms. The fourth-order valence-corrected chi connectivity index (χ4v) is 5.54. The van der Waals surface area contributed by atoms with Crippen LogP contribution in [0.5, 0.6) is 0 Å². The van der Waals surface area contributed by atoms with Gasteiger partial charge in [0.1, 0.15) is 6.54 Å². The summed E-state index contributed by atoms with van der Waals surface area (Å²) < 4.78 is 56.1. The highest BCUT2D eigenvalue weighted by molar-refractivity contribution is 7.89. The number of nitrogens with zero attached hydrogens (tertiary/aromatic N) is 4. The minimum absolute atomic E-state index is 0.0982. The van der Waals surface area contributed by atoms with Crippen LogP contribution in [0.25, 0.3) is 21.8 Å². The summed E-state index contributed by atoms with van der Waals surface area (Å²) in [7, 11) is -3.69. The smallest absolute Gasteiger partial charge is 0.243 e. The van der Waals surface area contributed by atoms with Crippen LogP contribution in [0.4, 0.5) is 8.78 Å². The minimum Gasteiger partial charge on any atom is -0.339 e. The highest BCUT2D eigenvalue weighted by Crippen LogP contribution is 2.23. The van der Waals surface area contributed by atoms with Gasteiger partial charge < -0.3 is 9.47 Å². The summed E-state index contributed by atoms with van der Waals surface area (Å²) in [6.45, 7) is 0.721. The molecule has 0 unspecified atom stereocenters. The number of carbonyl (C=O) groups is 1. The number of sulfonamides is 1. The van der Waals surface area contributed by atoms with E-state index in [0.29, 0.717) is 5.52 Å². The summed E-state index contributed by atoms with van der Waals surface area (Å²) >= 11 is 0. The number of fused-ring (bicyclic) bond motifs is 2. The van der Waals surface area contributed by atoms with E-state index in [9.17, 15) is 22.0 Å². The van der Waals surface area contributed by atoms with Crippen molar-refractivity contribution in [1.82, 2.24) is 18.8 Å². The third kappa shape index (κ3) is 3.96. The van der Waals surface area contributed by atoms with Gasteiger partial charge >= 0.3 is 0 Å². The molecule has 4 aromatic rings. The first kappa shape index (κ1) is 21.5. The first-order valence-corrected chi connectivity index (χ1v) is 11.8. The zero-order chi connectivity index (χ0) is 23.2. The van der Waals surface area contributed by atoms with Gasteiger partial charge in [0.2, 0.25) is 15.9 Å². The van der Waals surface area contributed by atoms with Crippen LogP contribution in [0.3, 0.4) is 0 Å². The van der Waals surface area contributed by atoms with E-state index in [4.69, 9.17) is 0 Å². The molecule has 1 aliphatic heterocycles. The maximum absolute atomic E-state index is 13.6. The second kappa shape index (κ2) is 8.20. The van der Waals surface area contributed by atoms with Crippen molar-refractivity contribution < 1.29 is 22.0 Å². The van der Waals surface area contributed by atoms with Crippen molar-refractivity contribution in [2.75, 3.05) is 26.2 Å². The second-order valence-electron chi connectivity index (χ2n) is 7.92. The third-order valence-electron chi connectivity index (χ3n) is 5.92. The maximum atomic E-state index is 13.6. The van der Waals surface area contributed by atoms with Crippen LogP contribution in [0.2, 0.25) is 0 Å². The van der Waals surface area contributed by atoms with Crippen molar-refractivity contribution in [2.24, 2.45) is 0 Å². The van der Waals surface area contributed by atoms with E-state index in [2.05, 4.69) is 4.98 Å². The molecule has 0 N–H and O–H groups in total. The molecular formula is C23H20F2N4O3S. The Labute approximate surface area is 188 Å². The number of carbonyl (C=O) groups excluding carboxylic acids is 1. The molecule has 1 amide bonds. The number of hydrogen-bond acceptors (Lipinski definition) is 4. The lowest BCUT2D eigenvalue weighted by Crippen LogP contribution is -2.51. The minimum atomic E-state index is -3.69. The molecule has 0 atom stereocenters. The zero-order valence-corrected chi connectivity index (χ0v) is 18.3. The Morgan fingerprint density at radius 3 is 2.36 bits per heavy atom. The predicted molar refractivity (Wildman–Crippen MR) is 119 cm³/mol. The lowest BCUT2D eigenvalue weighted by Gasteiger charge is -2.34. The molecule has 0 radical (unpaired) electrons. The van der Waals surface area contributed by atoms with Crippen LogP contribution < -0.4 is 0 Å². The Morgan fingerprint density at radius 2 is 1.61 bits per heavy atom. The van der Waals surface area contributed by atoms with Gasteiger partial charge in [-0.05, 0) is 22.9 Å². The SMILES string of the molecule is O=C(Cn1cnc2cc(F)c(F)cc21)N1CCN(S(=O)(=O)c2ccc3ccccc3c2)CC1. The highest BCUT2D eigenvalue weighted by Gasteiger charge is 2.30. The van der Waals surface area contributed by atoms with E-state index in [0.717, 1.165) is 22.9 Å². The summed E-state index contributed by atoms with van der Waals surface area (Å²) in [6.07, 6.45) is 1.36. The molecule has 1 aromatic heterocycles. The van der Waals surface area contributed by atoms with Gasteiger partial charge in [-0.15, -0.1) is 0 Å². The van der Waals surface area contributed by atoms with Crippen LogP contribution in [0, 0.1) is 11.6 Å². The summed E-state index contributed by atoms with van der Waals surface area (Å²) in [5.41, 5.74) is 0.577. The highest BCUT2D eigenvalue weighted by atomic mass is 32.2. The molecule has 1 saturated heterocycles. The number of imidazole rings is 1. The molecule has 7 nitrogen and oxygen atoms in total. The number of halogens is 2. The van der Waals surface area contributed by atoms with Gasteiger partial charge in [0.15, 0.2) is 11.6 Å². The van der Waals surface area contributed by atoms with E-state index >= 15 is 0 Å². The van der Waals surface area contributed by atoms with E-state index in [-0.39, 0.29) is 49.0 Å². The molecule has 0 saturated carbocycles. The van der Waals surface area contributed by atoms with Crippen molar-refractivity contribution in [3.05, 3.63) is 72.6 Å². The molecule has 0 spiro atoms. The van der Waals surface area contributed by atoms with Gasteiger partial charge in [-0.1, -0.05) is 30.3 Å². The molecule has 5 rings (SSSR count). The van der Waals surface area contributed by atoms with E-state index in [1.165, 1.54) is 15.2 Å². The molecule has 2 heterocycles. The molecule has 33 heavy (non-hydrogen) atoms. The van der Waals surface area contributed by atoms with Crippen LogP contribution in [-0.4, -0.2) is 59.3 Å². The molecule has 10 heteroatoms. The summed E-state index contributed by atoms with van der Waals surface area (Å²) in [5.74, 6) is -2.26. The van der Waals surface area contributed by atoms with Gasteiger partial charge in [0, 0.05) is 38.3 Å². The summed E-state index contributed by atoms with van der Waals surface area (Å²) in [4.78, 5) is 18.6. The number of amides is 1. The van der Waals surface area contributed by atoms with Gasteiger partial charge in [-0.25, -0.2) is 22.2 Å². The molecule has 0 aliphatic carbocycles. The van der Waals surface area contributed by atoms with Gasteiger partial charge in [-0.2, -0.15) is 4.31 Å².